The van der Waals surface area contributed by atoms with Crippen molar-refractivity contribution in [2.75, 3.05) is 19.5 Å². The second-order valence-corrected chi connectivity index (χ2v) is 7.87. The first-order valence-corrected chi connectivity index (χ1v) is 10.1. The zero-order valence-electron chi connectivity index (χ0n) is 16.4. The number of para-hydroxylation sites is 1. The van der Waals surface area contributed by atoms with E-state index in [1.165, 1.54) is 5.56 Å². The van der Waals surface area contributed by atoms with Crippen LogP contribution in [0, 0.1) is 6.92 Å². The lowest BCUT2D eigenvalue weighted by Crippen LogP contribution is -1.97. The average Bonchev–Trinajstić information content (AvgIpc) is 3.41. The molecular weight excluding hydrogens is 384 g/mol. The number of aromatic amines is 1. The lowest BCUT2D eigenvalue weighted by atomic mass is 10.1. The molecule has 0 aliphatic heterocycles. The van der Waals surface area contributed by atoms with Crippen molar-refractivity contribution in [1.29, 1.82) is 0 Å². The molecule has 3 heterocycles. The quantitative estimate of drug-likeness (QED) is 0.457. The van der Waals surface area contributed by atoms with Gasteiger partial charge in [-0.15, -0.1) is 10.2 Å². The number of aromatic nitrogens is 5. The van der Waals surface area contributed by atoms with Gasteiger partial charge in [-0.1, -0.05) is 23.5 Å². The van der Waals surface area contributed by atoms with Gasteiger partial charge in [0.25, 0.3) is 0 Å². The SMILES string of the molecule is CNc1ccccc1-c1nnc2sc(Cc3c(C)[nH]c4ccc(OC)cc34)nn12. The van der Waals surface area contributed by atoms with E-state index in [1.807, 2.05) is 41.9 Å². The number of aryl methyl sites for hydroxylation is 1. The maximum absolute atomic E-state index is 5.40. The molecule has 2 N–H and O–H groups in total. The van der Waals surface area contributed by atoms with E-state index in [0.717, 1.165) is 55.8 Å². The molecule has 0 fully saturated rings. The highest BCUT2D eigenvalue weighted by Crippen LogP contribution is 2.31. The molecule has 3 aromatic heterocycles. The highest BCUT2D eigenvalue weighted by molar-refractivity contribution is 7.16. The van der Waals surface area contributed by atoms with Gasteiger partial charge in [0.05, 0.1) is 7.11 Å². The van der Waals surface area contributed by atoms with E-state index in [4.69, 9.17) is 9.84 Å². The number of hydrogen-bond donors (Lipinski definition) is 2. The molecule has 0 aliphatic rings. The summed E-state index contributed by atoms with van der Waals surface area (Å²) >= 11 is 1.56. The topological polar surface area (TPSA) is 80.1 Å². The van der Waals surface area contributed by atoms with Gasteiger partial charge in [0.2, 0.25) is 4.96 Å². The zero-order valence-corrected chi connectivity index (χ0v) is 17.2. The minimum atomic E-state index is 0.722. The summed E-state index contributed by atoms with van der Waals surface area (Å²) in [5.74, 6) is 1.59. The molecule has 7 nitrogen and oxygen atoms in total. The highest BCUT2D eigenvalue weighted by Gasteiger charge is 2.18. The number of fused-ring (bicyclic) bond motifs is 2. The third-order valence-electron chi connectivity index (χ3n) is 5.12. The summed E-state index contributed by atoms with van der Waals surface area (Å²) in [5.41, 5.74) is 5.44. The summed E-state index contributed by atoms with van der Waals surface area (Å²) in [6.45, 7) is 2.09. The van der Waals surface area contributed by atoms with Gasteiger partial charge in [0.15, 0.2) is 5.82 Å². The number of H-pyrrole nitrogens is 1. The highest BCUT2D eigenvalue weighted by atomic mass is 32.1. The minimum absolute atomic E-state index is 0.722. The van der Waals surface area contributed by atoms with E-state index in [1.54, 1.807) is 18.4 Å². The summed E-state index contributed by atoms with van der Waals surface area (Å²) < 4.78 is 7.24. The van der Waals surface area contributed by atoms with Crippen molar-refractivity contribution >= 4 is 32.9 Å². The minimum Gasteiger partial charge on any atom is -0.497 e. The van der Waals surface area contributed by atoms with Crippen LogP contribution in [0.1, 0.15) is 16.3 Å². The van der Waals surface area contributed by atoms with Crippen molar-refractivity contribution in [2.45, 2.75) is 13.3 Å². The number of methoxy groups -OCH3 is 1. The third-order valence-corrected chi connectivity index (χ3v) is 6.02. The number of hydrogen-bond acceptors (Lipinski definition) is 6. The molecule has 0 saturated carbocycles. The smallest absolute Gasteiger partial charge is 0.234 e. The van der Waals surface area contributed by atoms with Crippen LogP contribution >= 0.6 is 11.3 Å². The summed E-state index contributed by atoms with van der Waals surface area (Å²) in [7, 11) is 3.59. The predicted octanol–water partition coefficient (Wildman–Crippen LogP) is 4.28. The molecule has 0 aliphatic carbocycles. The fourth-order valence-corrected chi connectivity index (χ4v) is 4.50. The predicted molar refractivity (Wildman–Crippen MR) is 116 cm³/mol. The van der Waals surface area contributed by atoms with Crippen LogP contribution in [0.2, 0.25) is 0 Å². The Labute approximate surface area is 171 Å². The van der Waals surface area contributed by atoms with E-state index in [9.17, 15) is 0 Å². The van der Waals surface area contributed by atoms with Crippen molar-refractivity contribution in [3.05, 3.63) is 58.7 Å². The standard InChI is InChI=1S/C21H20N6OS/c1-12-15(16-10-13(28-3)8-9-18(16)23-12)11-19-26-27-20(24-25-21(27)29-19)14-6-4-5-7-17(14)22-2/h4-10,22-23H,11H2,1-3H3. The van der Waals surface area contributed by atoms with E-state index >= 15 is 0 Å². The van der Waals surface area contributed by atoms with E-state index in [-0.39, 0.29) is 0 Å². The van der Waals surface area contributed by atoms with Crippen LogP contribution in [0.3, 0.4) is 0 Å². The molecular formula is C21H20N6OS. The van der Waals surface area contributed by atoms with Gasteiger partial charge in [0.1, 0.15) is 10.8 Å². The van der Waals surface area contributed by atoms with E-state index < -0.39 is 0 Å². The lowest BCUT2D eigenvalue weighted by molar-refractivity contribution is 0.415. The van der Waals surface area contributed by atoms with E-state index in [0.29, 0.717) is 0 Å². The summed E-state index contributed by atoms with van der Waals surface area (Å²) in [6.07, 6.45) is 0.722. The van der Waals surface area contributed by atoms with Crippen molar-refractivity contribution < 1.29 is 4.74 Å². The van der Waals surface area contributed by atoms with Crippen molar-refractivity contribution in [3.63, 3.8) is 0 Å². The van der Waals surface area contributed by atoms with Crippen LogP contribution in [-0.4, -0.2) is 39.0 Å². The maximum Gasteiger partial charge on any atom is 0.234 e. The van der Waals surface area contributed by atoms with Crippen LogP contribution in [0.5, 0.6) is 5.75 Å². The fraction of sp³-hybridized carbons (Fsp3) is 0.190. The molecule has 0 spiro atoms. The van der Waals surface area contributed by atoms with Crippen molar-refractivity contribution in [2.24, 2.45) is 0 Å². The number of nitrogens with one attached hydrogen (secondary N) is 2. The first-order valence-electron chi connectivity index (χ1n) is 9.31. The first-order chi connectivity index (χ1) is 14.2. The molecule has 0 radical (unpaired) electrons. The van der Waals surface area contributed by atoms with Gasteiger partial charge in [0, 0.05) is 41.3 Å². The van der Waals surface area contributed by atoms with Gasteiger partial charge in [-0.3, -0.25) is 0 Å². The Kier molecular flexibility index (Phi) is 4.21. The number of benzene rings is 2. The number of rotatable bonds is 5. The molecule has 5 aromatic rings. The Hall–Kier alpha value is -3.39. The molecule has 29 heavy (non-hydrogen) atoms. The largest absolute Gasteiger partial charge is 0.497 e. The summed E-state index contributed by atoms with van der Waals surface area (Å²) in [4.78, 5) is 4.24. The Morgan fingerprint density at radius 2 is 2.03 bits per heavy atom. The normalized spacial score (nSPS) is 11.4. The van der Waals surface area contributed by atoms with Crippen LogP contribution in [0.25, 0.3) is 27.3 Å². The van der Waals surface area contributed by atoms with Crippen molar-refractivity contribution in [3.8, 4) is 17.1 Å². The molecule has 0 unspecified atom stereocenters. The second-order valence-electron chi connectivity index (χ2n) is 6.83. The Morgan fingerprint density at radius 3 is 2.86 bits per heavy atom. The summed E-state index contributed by atoms with van der Waals surface area (Å²) in [6, 6.07) is 14.1. The Bertz CT molecular complexity index is 1330. The molecule has 8 heteroatoms. The lowest BCUT2D eigenvalue weighted by Gasteiger charge is -2.05. The van der Waals surface area contributed by atoms with Gasteiger partial charge in [-0.25, -0.2) is 0 Å². The molecule has 0 atom stereocenters. The van der Waals surface area contributed by atoms with Crippen LogP contribution in [-0.2, 0) is 6.42 Å². The maximum atomic E-state index is 5.40. The average molecular weight is 404 g/mol. The Morgan fingerprint density at radius 1 is 1.17 bits per heavy atom. The molecule has 5 rings (SSSR count). The monoisotopic (exact) mass is 404 g/mol. The first kappa shape index (κ1) is 17.7. The summed E-state index contributed by atoms with van der Waals surface area (Å²) in [5, 5.41) is 18.9. The van der Waals surface area contributed by atoms with Crippen LogP contribution in [0.15, 0.2) is 42.5 Å². The molecule has 0 saturated heterocycles. The van der Waals surface area contributed by atoms with Gasteiger partial charge < -0.3 is 15.0 Å². The van der Waals surface area contributed by atoms with Gasteiger partial charge in [-0.2, -0.15) is 9.61 Å². The van der Waals surface area contributed by atoms with Crippen LogP contribution in [0.4, 0.5) is 5.69 Å². The fourth-order valence-electron chi connectivity index (χ4n) is 3.66. The molecule has 0 bridgehead atoms. The molecule has 0 amide bonds. The zero-order chi connectivity index (χ0) is 20.0. The second kappa shape index (κ2) is 6.89. The van der Waals surface area contributed by atoms with Gasteiger partial charge >= 0.3 is 0 Å². The number of anilines is 1. The van der Waals surface area contributed by atoms with Crippen LogP contribution < -0.4 is 10.1 Å². The third kappa shape index (κ3) is 2.92. The molecule has 146 valence electrons. The van der Waals surface area contributed by atoms with Crippen molar-refractivity contribution in [1.82, 2.24) is 24.8 Å². The Balaban J connectivity index is 1.57. The molecule has 2 aromatic carbocycles. The van der Waals surface area contributed by atoms with Gasteiger partial charge in [-0.05, 0) is 42.8 Å². The number of nitrogens with zero attached hydrogens (tertiary/aromatic N) is 4. The van der Waals surface area contributed by atoms with E-state index in [2.05, 4.69) is 39.6 Å². The number of ether oxygens (including phenoxy) is 1.